The van der Waals surface area contributed by atoms with Gasteiger partial charge in [0.25, 0.3) is 0 Å². The molecule has 0 bridgehead atoms. The Kier molecular flexibility index (Phi) is 4.27. The molecule has 0 aromatic heterocycles. The van der Waals surface area contributed by atoms with Crippen molar-refractivity contribution < 1.29 is 14.7 Å². The summed E-state index contributed by atoms with van der Waals surface area (Å²) in [5.41, 5.74) is 0.0724. The molecule has 1 amide bonds. The molecule has 2 saturated carbocycles. The Balaban J connectivity index is 1.97. The number of hydrogen-bond acceptors (Lipinski definition) is 2. The molecule has 2 aliphatic carbocycles. The Labute approximate surface area is 114 Å². The predicted molar refractivity (Wildman–Crippen MR) is 72.3 cm³/mol. The van der Waals surface area contributed by atoms with E-state index in [-0.39, 0.29) is 17.5 Å². The zero-order chi connectivity index (χ0) is 14.0. The normalized spacial score (nSPS) is 31.9. The van der Waals surface area contributed by atoms with Crippen molar-refractivity contribution in [3.05, 3.63) is 11.8 Å². The third kappa shape index (κ3) is 3.37. The van der Waals surface area contributed by atoms with Gasteiger partial charge in [-0.3, -0.25) is 4.79 Å². The summed E-state index contributed by atoms with van der Waals surface area (Å²) < 4.78 is 0. The van der Waals surface area contributed by atoms with Crippen molar-refractivity contribution in [2.75, 3.05) is 0 Å². The number of carboxylic acid groups (broad SMARTS) is 1. The highest BCUT2D eigenvalue weighted by molar-refractivity contribution is 5.94. The van der Waals surface area contributed by atoms with Crippen LogP contribution in [0.25, 0.3) is 0 Å². The van der Waals surface area contributed by atoms with Gasteiger partial charge in [-0.25, -0.2) is 4.79 Å². The Bertz CT molecular complexity index is 388. The van der Waals surface area contributed by atoms with E-state index < -0.39 is 5.97 Å². The molecule has 0 spiro atoms. The molecule has 19 heavy (non-hydrogen) atoms. The maximum atomic E-state index is 12.0. The first-order valence-corrected chi connectivity index (χ1v) is 7.26. The third-order valence-corrected chi connectivity index (χ3v) is 4.66. The number of aliphatic carboxylic acids is 1. The van der Waals surface area contributed by atoms with Crippen molar-refractivity contribution >= 4 is 11.9 Å². The van der Waals surface area contributed by atoms with E-state index in [4.69, 9.17) is 0 Å². The molecule has 4 nitrogen and oxygen atoms in total. The Morgan fingerprint density at radius 3 is 2.16 bits per heavy atom. The largest absolute Gasteiger partial charge is 0.477 e. The molecule has 2 atom stereocenters. The van der Waals surface area contributed by atoms with Crippen molar-refractivity contribution in [3.8, 4) is 0 Å². The maximum Gasteiger partial charge on any atom is 0.352 e. The molecule has 4 heteroatoms. The number of carbonyl (C=O) groups is 2. The van der Waals surface area contributed by atoms with Gasteiger partial charge in [-0.2, -0.15) is 0 Å². The topological polar surface area (TPSA) is 66.4 Å². The average molecular weight is 265 g/mol. The van der Waals surface area contributed by atoms with Gasteiger partial charge in [0.05, 0.1) is 0 Å². The first-order valence-electron chi connectivity index (χ1n) is 7.26. The second kappa shape index (κ2) is 5.76. The summed E-state index contributed by atoms with van der Waals surface area (Å²) in [5.74, 6) is -0.151. The van der Waals surface area contributed by atoms with Crippen LogP contribution >= 0.6 is 0 Å². The lowest BCUT2D eigenvalue weighted by Gasteiger charge is -2.19. The Hall–Kier alpha value is -1.32. The predicted octanol–water partition coefficient (Wildman–Crippen LogP) is 2.55. The fourth-order valence-corrected chi connectivity index (χ4v) is 3.06. The highest BCUT2D eigenvalue weighted by Gasteiger charge is 2.48. The van der Waals surface area contributed by atoms with Crippen LogP contribution in [-0.4, -0.2) is 17.0 Å². The molecule has 0 aromatic carbocycles. The van der Waals surface area contributed by atoms with E-state index >= 15 is 0 Å². The second-order valence-corrected chi connectivity index (χ2v) is 6.02. The fraction of sp³-hybridized carbons (Fsp3) is 0.733. The van der Waals surface area contributed by atoms with Gasteiger partial charge in [0.2, 0.25) is 5.91 Å². The zero-order valence-corrected chi connectivity index (χ0v) is 11.7. The van der Waals surface area contributed by atoms with Crippen LogP contribution in [0.3, 0.4) is 0 Å². The third-order valence-electron chi connectivity index (χ3n) is 4.66. The minimum absolute atomic E-state index is 0.0193. The van der Waals surface area contributed by atoms with Gasteiger partial charge in [-0.1, -0.05) is 39.2 Å². The number of allylic oxidation sites excluding steroid dienone is 1. The molecule has 0 aliphatic heterocycles. The minimum atomic E-state index is -1.03. The van der Waals surface area contributed by atoms with Gasteiger partial charge in [0.15, 0.2) is 0 Å². The molecule has 0 aromatic rings. The van der Waals surface area contributed by atoms with Crippen LogP contribution in [0.4, 0.5) is 0 Å². The van der Waals surface area contributed by atoms with Crippen molar-refractivity contribution in [1.82, 2.24) is 5.32 Å². The molecule has 2 aliphatic rings. The summed E-state index contributed by atoms with van der Waals surface area (Å²) in [6, 6.07) is 0. The SMILES string of the molecule is CC1C(C)C1C(=O)N/C(=C\C1CCCCC1)C(=O)O. The first kappa shape index (κ1) is 14.1. The van der Waals surface area contributed by atoms with Crippen LogP contribution in [0.15, 0.2) is 11.8 Å². The number of amides is 1. The quantitative estimate of drug-likeness (QED) is 0.768. The van der Waals surface area contributed by atoms with Crippen molar-refractivity contribution in [2.24, 2.45) is 23.7 Å². The van der Waals surface area contributed by atoms with E-state index in [2.05, 4.69) is 5.32 Å². The van der Waals surface area contributed by atoms with Crippen LogP contribution in [0, 0.1) is 23.7 Å². The van der Waals surface area contributed by atoms with Crippen LogP contribution < -0.4 is 5.32 Å². The number of rotatable bonds is 4. The lowest BCUT2D eigenvalue weighted by Crippen LogP contribution is -2.30. The smallest absolute Gasteiger partial charge is 0.352 e. The molecule has 106 valence electrons. The highest BCUT2D eigenvalue weighted by atomic mass is 16.4. The van der Waals surface area contributed by atoms with Gasteiger partial charge in [-0.05, 0) is 30.6 Å². The zero-order valence-electron chi connectivity index (χ0n) is 11.7. The molecule has 2 fully saturated rings. The van der Waals surface area contributed by atoms with Gasteiger partial charge >= 0.3 is 5.97 Å². The lowest BCUT2D eigenvalue weighted by molar-refractivity contribution is -0.135. The van der Waals surface area contributed by atoms with E-state index in [0.29, 0.717) is 17.8 Å². The molecule has 0 heterocycles. The van der Waals surface area contributed by atoms with Gasteiger partial charge < -0.3 is 10.4 Å². The molecule has 2 rings (SSSR count). The van der Waals surface area contributed by atoms with Crippen molar-refractivity contribution in [3.63, 3.8) is 0 Å². The summed E-state index contributed by atoms with van der Waals surface area (Å²) >= 11 is 0. The second-order valence-electron chi connectivity index (χ2n) is 6.02. The van der Waals surface area contributed by atoms with E-state index in [1.165, 1.54) is 6.42 Å². The summed E-state index contributed by atoms with van der Waals surface area (Å²) in [7, 11) is 0. The Morgan fingerprint density at radius 1 is 1.11 bits per heavy atom. The number of carboxylic acids is 1. The van der Waals surface area contributed by atoms with Gasteiger partial charge in [0.1, 0.15) is 5.70 Å². The van der Waals surface area contributed by atoms with Crippen LogP contribution in [-0.2, 0) is 9.59 Å². The molecule has 0 saturated heterocycles. The fourth-order valence-electron chi connectivity index (χ4n) is 3.06. The van der Waals surface area contributed by atoms with Crippen molar-refractivity contribution in [2.45, 2.75) is 46.0 Å². The van der Waals surface area contributed by atoms with E-state index in [1.54, 1.807) is 6.08 Å². The average Bonchev–Trinajstić information content (AvgIpc) is 2.97. The number of nitrogens with one attached hydrogen (secondary N) is 1. The van der Waals surface area contributed by atoms with Crippen LogP contribution in [0.1, 0.15) is 46.0 Å². The van der Waals surface area contributed by atoms with Crippen LogP contribution in [0.2, 0.25) is 0 Å². The molecule has 2 N–H and O–H groups in total. The van der Waals surface area contributed by atoms with E-state index in [1.807, 2.05) is 13.8 Å². The standard InChI is InChI=1S/C15H23NO3/c1-9-10(2)13(9)14(17)16-12(15(18)19)8-11-6-4-3-5-7-11/h8-11,13H,3-7H2,1-2H3,(H,16,17)(H,18,19)/b12-8-. The van der Waals surface area contributed by atoms with Crippen molar-refractivity contribution in [1.29, 1.82) is 0 Å². The van der Waals surface area contributed by atoms with E-state index in [0.717, 1.165) is 25.7 Å². The molecular weight excluding hydrogens is 242 g/mol. The van der Waals surface area contributed by atoms with Gasteiger partial charge in [-0.15, -0.1) is 0 Å². The molecule has 0 radical (unpaired) electrons. The summed E-state index contributed by atoms with van der Waals surface area (Å²) in [6.07, 6.45) is 7.34. The summed E-state index contributed by atoms with van der Waals surface area (Å²) in [5, 5.41) is 11.8. The highest BCUT2D eigenvalue weighted by Crippen LogP contribution is 2.45. The lowest BCUT2D eigenvalue weighted by atomic mass is 9.88. The molecular formula is C15H23NO3. The van der Waals surface area contributed by atoms with Gasteiger partial charge in [0, 0.05) is 5.92 Å². The monoisotopic (exact) mass is 265 g/mol. The molecule has 2 unspecified atom stereocenters. The maximum absolute atomic E-state index is 12.0. The number of carbonyl (C=O) groups excluding carboxylic acids is 1. The first-order chi connectivity index (χ1) is 9.00. The summed E-state index contributed by atoms with van der Waals surface area (Å²) in [6.45, 7) is 4.06. The minimum Gasteiger partial charge on any atom is -0.477 e. The van der Waals surface area contributed by atoms with Crippen LogP contribution in [0.5, 0.6) is 0 Å². The summed E-state index contributed by atoms with van der Waals surface area (Å²) in [4.78, 5) is 23.2. The Morgan fingerprint density at radius 2 is 1.68 bits per heavy atom. The number of hydrogen-bond donors (Lipinski definition) is 2. The van der Waals surface area contributed by atoms with E-state index in [9.17, 15) is 14.7 Å².